The summed E-state index contributed by atoms with van der Waals surface area (Å²) >= 11 is 0. The average Bonchev–Trinajstić information content (AvgIpc) is 2.94. The molecule has 0 nitrogen and oxygen atoms in total. The van der Waals surface area contributed by atoms with Gasteiger partial charge in [-0.2, -0.15) is 0 Å². The first kappa shape index (κ1) is 12.1. The number of rotatable bonds is 7. The fourth-order valence-corrected chi connectivity index (χ4v) is 2.33. The van der Waals surface area contributed by atoms with Crippen LogP contribution in [0.1, 0.15) is 66.2 Å². The molecule has 1 saturated carbocycles. The van der Waals surface area contributed by atoms with Gasteiger partial charge in [0.25, 0.3) is 0 Å². The zero-order valence-electron chi connectivity index (χ0n) is 10.6. The van der Waals surface area contributed by atoms with E-state index >= 15 is 0 Å². The summed E-state index contributed by atoms with van der Waals surface area (Å²) in [6.07, 6.45) is 8.87. The van der Waals surface area contributed by atoms with E-state index in [-0.39, 0.29) is 0 Å². The van der Waals surface area contributed by atoms with Crippen LogP contribution in [0.25, 0.3) is 0 Å². The van der Waals surface area contributed by atoms with Crippen molar-refractivity contribution in [1.29, 1.82) is 0 Å². The zero-order chi connectivity index (χ0) is 10.6. The van der Waals surface area contributed by atoms with Crippen molar-refractivity contribution in [2.75, 3.05) is 0 Å². The molecule has 1 fully saturated rings. The molecule has 1 aliphatic rings. The molecule has 0 radical (unpaired) electrons. The summed E-state index contributed by atoms with van der Waals surface area (Å²) in [6.45, 7) is 9.49. The summed E-state index contributed by atoms with van der Waals surface area (Å²) in [4.78, 5) is 0. The van der Waals surface area contributed by atoms with Crippen LogP contribution >= 0.6 is 0 Å². The molecule has 0 heterocycles. The molecule has 14 heavy (non-hydrogen) atoms. The maximum absolute atomic E-state index is 2.44. The molecule has 0 aromatic carbocycles. The van der Waals surface area contributed by atoms with Crippen LogP contribution in [-0.4, -0.2) is 0 Å². The van der Waals surface area contributed by atoms with Gasteiger partial charge in [0.1, 0.15) is 0 Å². The fourth-order valence-electron chi connectivity index (χ4n) is 2.33. The summed E-state index contributed by atoms with van der Waals surface area (Å²) in [5.41, 5.74) is 0. The lowest BCUT2D eigenvalue weighted by Gasteiger charge is -2.23. The minimum atomic E-state index is 0.873. The van der Waals surface area contributed by atoms with Gasteiger partial charge in [0.05, 0.1) is 0 Å². The molecule has 0 amide bonds. The maximum Gasteiger partial charge on any atom is -0.0383 e. The predicted molar refractivity (Wildman–Crippen MR) is 64.4 cm³/mol. The number of hydrogen-bond donors (Lipinski definition) is 0. The topological polar surface area (TPSA) is 0 Å². The summed E-state index contributed by atoms with van der Waals surface area (Å²) in [5.74, 6) is 3.98. The van der Waals surface area contributed by atoms with Crippen LogP contribution in [-0.2, 0) is 0 Å². The van der Waals surface area contributed by atoms with E-state index in [9.17, 15) is 0 Å². The molecule has 1 rings (SSSR count). The van der Waals surface area contributed by atoms with Crippen LogP contribution in [0.5, 0.6) is 0 Å². The molecule has 0 N–H and O–H groups in total. The zero-order valence-corrected chi connectivity index (χ0v) is 10.6. The van der Waals surface area contributed by atoms with Gasteiger partial charge in [-0.25, -0.2) is 0 Å². The van der Waals surface area contributed by atoms with Crippen LogP contribution in [0.15, 0.2) is 0 Å². The van der Waals surface area contributed by atoms with Crippen molar-refractivity contribution in [3.05, 3.63) is 0 Å². The van der Waals surface area contributed by atoms with Gasteiger partial charge in [-0.05, 0) is 42.9 Å². The highest BCUT2D eigenvalue weighted by molar-refractivity contribution is 4.82. The molecule has 0 saturated heterocycles. The van der Waals surface area contributed by atoms with E-state index < -0.39 is 0 Å². The standard InChI is InChI=1S/C14H28/c1-5-6-7-14(13-8-9-13)10-12(4)11(2)3/h11-14H,5-10H2,1-4H3. The van der Waals surface area contributed by atoms with E-state index in [0.717, 1.165) is 23.7 Å². The van der Waals surface area contributed by atoms with Crippen molar-refractivity contribution < 1.29 is 0 Å². The smallest absolute Gasteiger partial charge is 0.0383 e. The van der Waals surface area contributed by atoms with E-state index in [4.69, 9.17) is 0 Å². The lowest BCUT2D eigenvalue weighted by molar-refractivity contribution is 0.279. The van der Waals surface area contributed by atoms with Crippen molar-refractivity contribution >= 4 is 0 Å². The lowest BCUT2D eigenvalue weighted by atomic mass is 9.83. The predicted octanol–water partition coefficient (Wildman–Crippen LogP) is 4.89. The van der Waals surface area contributed by atoms with Gasteiger partial charge in [0, 0.05) is 0 Å². The summed E-state index contributed by atoms with van der Waals surface area (Å²) in [7, 11) is 0. The normalized spacial score (nSPS) is 21.2. The summed E-state index contributed by atoms with van der Waals surface area (Å²) in [5, 5.41) is 0. The Labute approximate surface area is 90.5 Å². The molecule has 2 unspecified atom stereocenters. The van der Waals surface area contributed by atoms with Crippen LogP contribution in [0.4, 0.5) is 0 Å². The van der Waals surface area contributed by atoms with Gasteiger partial charge < -0.3 is 0 Å². The summed E-state index contributed by atoms with van der Waals surface area (Å²) < 4.78 is 0. The quantitative estimate of drug-likeness (QED) is 0.544. The molecule has 0 spiro atoms. The molecule has 0 bridgehead atoms. The second-order valence-corrected chi connectivity index (χ2v) is 5.70. The third-order valence-corrected chi connectivity index (χ3v) is 4.03. The van der Waals surface area contributed by atoms with E-state index in [1.165, 1.54) is 38.5 Å². The molecule has 0 aromatic heterocycles. The molecule has 2 atom stereocenters. The maximum atomic E-state index is 2.44. The van der Waals surface area contributed by atoms with Gasteiger partial charge in [-0.1, -0.05) is 47.0 Å². The third kappa shape index (κ3) is 4.02. The third-order valence-electron chi connectivity index (χ3n) is 4.03. The minimum absolute atomic E-state index is 0.873. The Hall–Kier alpha value is 0. The Kier molecular flexibility index (Phi) is 4.98. The Balaban J connectivity index is 2.27. The molecule has 0 aromatic rings. The van der Waals surface area contributed by atoms with Gasteiger partial charge in [-0.15, -0.1) is 0 Å². The van der Waals surface area contributed by atoms with Crippen molar-refractivity contribution in [3.8, 4) is 0 Å². The van der Waals surface area contributed by atoms with Crippen molar-refractivity contribution in [3.63, 3.8) is 0 Å². The van der Waals surface area contributed by atoms with Gasteiger partial charge in [0.2, 0.25) is 0 Å². The van der Waals surface area contributed by atoms with Gasteiger partial charge >= 0.3 is 0 Å². The highest BCUT2D eigenvalue weighted by atomic mass is 14.4. The Bertz CT molecular complexity index is 144. The van der Waals surface area contributed by atoms with E-state index in [0.29, 0.717) is 0 Å². The highest BCUT2D eigenvalue weighted by Gasteiger charge is 2.31. The second kappa shape index (κ2) is 5.78. The molecule has 0 heteroatoms. The lowest BCUT2D eigenvalue weighted by Crippen LogP contribution is -2.13. The van der Waals surface area contributed by atoms with Gasteiger partial charge in [-0.3, -0.25) is 0 Å². The van der Waals surface area contributed by atoms with Crippen molar-refractivity contribution in [2.45, 2.75) is 66.2 Å². The van der Waals surface area contributed by atoms with Gasteiger partial charge in [0.15, 0.2) is 0 Å². The molecule has 84 valence electrons. The largest absolute Gasteiger partial charge is 0.0654 e. The average molecular weight is 196 g/mol. The fraction of sp³-hybridized carbons (Fsp3) is 1.00. The van der Waals surface area contributed by atoms with Crippen LogP contribution in [0.3, 0.4) is 0 Å². The molecular weight excluding hydrogens is 168 g/mol. The monoisotopic (exact) mass is 196 g/mol. The Morgan fingerprint density at radius 3 is 2.21 bits per heavy atom. The van der Waals surface area contributed by atoms with Crippen LogP contribution in [0.2, 0.25) is 0 Å². The Morgan fingerprint density at radius 2 is 1.79 bits per heavy atom. The Morgan fingerprint density at radius 1 is 1.14 bits per heavy atom. The first-order valence-corrected chi connectivity index (χ1v) is 6.65. The van der Waals surface area contributed by atoms with E-state index in [2.05, 4.69) is 27.7 Å². The molecular formula is C14H28. The highest BCUT2D eigenvalue weighted by Crippen LogP contribution is 2.43. The van der Waals surface area contributed by atoms with Crippen molar-refractivity contribution in [2.24, 2.45) is 23.7 Å². The molecule has 0 aliphatic heterocycles. The van der Waals surface area contributed by atoms with Crippen LogP contribution < -0.4 is 0 Å². The van der Waals surface area contributed by atoms with Crippen LogP contribution in [0, 0.1) is 23.7 Å². The first-order chi connectivity index (χ1) is 6.65. The minimum Gasteiger partial charge on any atom is -0.0654 e. The number of unbranched alkanes of at least 4 members (excludes halogenated alkanes) is 1. The SMILES string of the molecule is CCCCC(CC(C)C(C)C)C1CC1. The summed E-state index contributed by atoms with van der Waals surface area (Å²) in [6, 6.07) is 0. The first-order valence-electron chi connectivity index (χ1n) is 6.65. The molecule has 1 aliphatic carbocycles. The second-order valence-electron chi connectivity index (χ2n) is 5.70. The van der Waals surface area contributed by atoms with E-state index in [1.54, 1.807) is 0 Å². The number of hydrogen-bond acceptors (Lipinski definition) is 0. The van der Waals surface area contributed by atoms with E-state index in [1.807, 2.05) is 0 Å². The van der Waals surface area contributed by atoms with Crippen molar-refractivity contribution in [1.82, 2.24) is 0 Å².